The first-order valence-electron chi connectivity index (χ1n) is 5.33. The van der Waals surface area contributed by atoms with Crippen molar-refractivity contribution < 1.29 is 9.50 Å². The molecular weight excluding hydrogens is 207 g/mol. The van der Waals surface area contributed by atoms with Gasteiger partial charge in [0.2, 0.25) is 0 Å². The lowest BCUT2D eigenvalue weighted by molar-refractivity contribution is 0.164. The van der Waals surface area contributed by atoms with Crippen molar-refractivity contribution in [1.29, 1.82) is 5.26 Å². The minimum Gasteiger partial charge on any atom is -0.391 e. The Balaban J connectivity index is 2.03. The average molecular weight is 220 g/mol. The van der Waals surface area contributed by atoms with Gasteiger partial charge in [0, 0.05) is 6.54 Å². The SMILES string of the molecule is N#Cc1c(F)cccc1NCC(O)C1CC1. The number of nitrogens with zero attached hydrogens (tertiary/aromatic N) is 1. The van der Waals surface area contributed by atoms with Gasteiger partial charge >= 0.3 is 0 Å². The molecule has 0 heterocycles. The zero-order valence-electron chi connectivity index (χ0n) is 8.78. The van der Waals surface area contributed by atoms with E-state index >= 15 is 0 Å². The zero-order chi connectivity index (χ0) is 11.5. The fraction of sp³-hybridized carbons (Fsp3) is 0.417. The predicted octanol–water partition coefficient (Wildman–Crippen LogP) is 1.88. The van der Waals surface area contributed by atoms with Crippen LogP contribution in [-0.4, -0.2) is 17.8 Å². The lowest BCUT2D eigenvalue weighted by Crippen LogP contribution is -2.21. The van der Waals surface area contributed by atoms with Crippen LogP contribution >= 0.6 is 0 Å². The number of rotatable bonds is 4. The molecule has 3 nitrogen and oxygen atoms in total. The lowest BCUT2D eigenvalue weighted by atomic mass is 10.1. The fourth-order valence-corrected chi connectivity index (χ4v) is 1.65. The molecule has 0 aromatic heterocycles. The van der Waals surface area contributed by atoms with Crippen molar-refractivity contribution >= 4 is 5.69 Å². The number of nitriles is 1. The van der Waals surface area contributed by atoms with Gasteiger partial charge < -0.3 is 10.4 Å². The van der Waals surface area contributed by atoms with Crippen LogP contribution in [0.4, 0.5) is 10.1 Å². The molecule has 1 aromatic rings. The summed E-state index contributed by atoms with van der Waals surface area (Å²) in [6.07, 6.45) is 1.70. The minimum atomic E-state index is -0.534. The highest BCUT2D eigenvalue weighted by Crippen LogP contribution is 2.32. The molecule has 0 aliphatic heterocycles. The van der Waals surface area contributed by atoms with Gasteiger partial charge in [-0.25, -0.2) is 4.39 Å². The average Bonchev–Trinajstić information content (AvgIpc) is 3.09. The van der Waals surface area contributed by atoms with Gasteiger partial charge in [0.1, 0.15) is 17.4 Å². The van der Waals surface area contributed by atoms with E-state index in [0.717, 1.165) is 12.8 Å². The highest BCUT2D eigenvalue weighted by atomic mass is 19.1. The molecule has 1 aliphatic rings. The summed E-state index contributed by atoms with van der Waals surface area (Å²) in [7, 11) is 0. The molecule has 0 radical (unpaired) electrons. The van der Waals surface area contributed by atoms with Gasteiger partial charge in [0.05, 0.1) is 11.8 Å². The largest absolute Gasteiger partial charge is 0.391 e. The van der Waals surface area contributed by atoms with Crippen LogP contribution in [0.25, 0.3) is 0 Å². The topological polar surface area (TPSA) is 56.0 Å². The van der Waals surface area contributed by atoms with Crippen LogP contribution in [0.2, 0.25) is 0 Å². The zero-order valence-corrected chi connectivity index (χ0v) is 8.78. The minimum absolute atomic E-state index is 0.00509. The quantitative estimate of drug-likeness (QED) is 0.814. The molecule has 84 valence electrons. The van der Waals surface area contributed by atoms with Crippen LogP contribution in [-0.2, 0) is 0 Å². The molecule has 1 fully saturated rings. The van der Waals surface area contributed by atoms with Crippen LogP contribution in [0, 0.1) is 23.1 Å². The second-order valence-corrected chi connectivity index (χ2v) is 4.06. The van der Waals surface area contributed by atoms with Gasteiger partial charge in [-0.05, 0) is 30.9 Å². The molecule has 1 unspecified atom stereocenters. The Morgan fingerprint density at radius 1 is 1.56 bits per heavy atom. The third kappa shape index (κ3) is 2.31. The smallest absolute Gasteiger partial charge is 0.143 e. The summed E-state index contributed by atoms with van der Waals surface area (Å²) in [4.78, 5) is 0. The van der Waals surface area contributed by atoms with E-state index in [9.17, 15) is 9.50 Å². The molecular formula is C12H13FN2O. The van der Waals surface area contributed by atoms with E-state index in [1.165, 1.54) is 6.07 Å². The van der Waals surface area contributed by atoms with E-state index in [0.29, 0.717) is 18.2 Å². The van der Waals surface area contributed by atoms with E-state index in [4.69, 9.17) is 5.26 Å². The molecule has 1 aliphatic carbocycles. The molecule has 1 saturated carbocycles. The number of halogens is 1. The molecule has 2 rings (SSSR count). The summed E-state index contributed by atoms with van der Waals surface area (Å²) in [5.74, 6) is -0.167. The molecule has 0 saturated heterocycles. The number of aliphatic hydroxyl groups excluding tert-OH is 1. The number of benzene rings is 1. The summed E-state index contributed by atoms with van der Waals surface area (Å²) in [5.41, 5.74) is 0.452. The van der Waals surface area contributed by atoms with Crippen LogP contribution in [0.1, 0.15) is 18.4 Å². The number of hydrogen-bond acceptors (Lipinski definition) is 3. The molecule has 4 heteroatoms. The Morgan fingerprint density at radius 3 is 2.94 bits per heavy atom. The van der Waals surface area contributed by atoms with E-state index in [1.54, 1.807) is 12.1 Å². The van der Waals surface area contributed by atoms with Crippen LogP contribution in [0.5, 0.6) is 0 Å². The van der Waals surface area contributed by atoms with Crippen LogP contribution < -0.4 is 5.32 Å². The van der Waals surface area contributed by atoms with Crippen molar-refractivity contribution in [2.45, 2.75) is 18.9 Å². The predicted molar refractivity (Wildman–Crippen MR) is 58.3 cm³/mol. The van der Waals surface area contributed by atoms with E-state index < -0.39 is 11.9 Å². The molecule has 1 aromatic carbocycles. The Labute approximate surface area is 93.5 Å². The molecule has 2 N–H and O–H groups in total. The van der Waals surface area contributed by atoms with Crippen LogP contribution in [0.15, 0.2) is 18.2 Å². The maximum absolute atomic E-state index is 13.2. The van der Waals surface area contributed by atoms with E-state index in [1.807, 2.05) is 6.07 Å². The molecule has 1 atom stereocenters. The first kappa shape index (κ1) is 10.9. The summed E-state index contributed by atoms with van der Waals surface area (Å²) in [6, 6.07) is 6.25. The third-order valence-electron chi connectivity index (χ3n) is 2.79. The highest BCUT2D eigenvalue weighted by molar-refractivity contribution is 5.57. The second kappa shape index (κ2) is 4.50. The van der Waals surface area contributed by atoms with Gasteiger partial charge in [0.15, 0.2) is 0 Å². The Morgan fingerprint density at radius 2 is 2.31 bits per heavy atom. The fourth-order valence-electron chi connectivity index (χ4n) is 1.65. The van der Waals surface area contributed by atoms with Crippen molar-refractivity contribution in [1.82, 2.24) is 0 Å². The summed E-state index contributed by atoms with van der Waals surface area (Å²) < 4.78 is 13.2. The van der Waals surface area contributed by atoms with Crippen molar-refractivity contribution in [3.8, 4) is 6.07 Å². The summed E-state index contributed by atoms with van der Waals surface area (Å²) in [5, 5.41) is 21.4. The Bertz CT molecular complexity index is 424. The highest BCUT2D eigenvalue weighted by Gasteiger charge is 2.29. The standard InChI is InChI=1S/C12H13FN2O/c13-10-2-1-3-11(9(10)6-14)15-7-12(16)8-4-5-8/h1-3,8,12,15-16H,4-5,7H2. The monoisotopic (exact) mass is 220 g/mol. The van der Waals surface area contributed by atoms with Gasteiger partial charge in [-0.3, -0.25) is 0 Å². The molecule has 0 bridgehead atoms. The van der Waals surface area contributed by atoms with Crippen molar-refractivity contribution in [3.63, 3.8) is 0 Å². The maximum Gasteiger partial charge on any atom is 0.143 e. The summed E-state index contributed by atoms with van der Waals surface area (Å²) in [6.45, 7) is 0.364. The number of hydrogen-bond donors (Lipinski definition) is 2. The maximum atomic E-state index is 13.2. The number of anilines is 1. The second-order valence-electron chi connectivity index (χ2n) is 4.06. The van der Waals surface area contributed by atoms with E-state index in [2.05, 4.69) is 5.32 Å². The normalized spacial score (nSPS) is 16.6. The van der Waals surface area contributed by atoms with Gasteiger partial charge in [-0.2, -0.15) is 5.26 Å². The Hall–Kier alpha value is -1.60. The molecule has 0 amide bonds. The molecule has 16 heavy (non-hydrogen) atoms. The van der Waals surface area contributed by atoms with Gasteiger partial charge in [-0.1, -0.05) is 6.07 Å². The van der Waals surface area contributed by atoms with Gasteiger partial charge in [0.25, 0.3) is 0 Å². The Kier molecular flexibility index (Phi) is 3.07. The lowest BCUT2D eigenvalue weighted by Gasteiger charge is -2.12. The van der Waals surface area contributed by atoms with Crippen molar-refractivity contribution in [3.05, 3.63) is 29.6 Å². The molecule has 0 spiro atoms. The first-order valence-corrected chi connectivity index (χ1v) is 5.33. The first-order chi connectivity index (χ1) is 7.72. The number of aliphatic hydroxyl groups is 1. The van der Waals surface area contributed by atoms with Crippen molar-refractivity contribution in [2.24, 2.45) is 5.92 Å². The number of nitrogens with one attached hydrogen (secondary N) is 1. The van der Waals surface area contributed by atoms with E-state index in [-0.39, 0.29) is 5.56 Å². The van der Waals surface area contributed by atoms with Crippen molar-refractivity contribution in [2.75, 3.05) is 11.9 Å². The van der Waals surface area contributed by atoms with Gasteiger partial charge in [-0.15, -0.1) is 0 Å². The third-order valence-corrected chi connectivity index (χ3v) is 2.79. The van der Waals surface area contributed by atoms with Crippen LogP contribution in [0.3, 0.4) is 0 Å². The summed E-state index contributed by atoms with van der Waals surface area (Å²) >= 11 is 0.